The van der Waals surface area contributed by atoms with Crippen LogP contribution >= 0.6 is 0 Å². The fourth-order valence-corrected chi connectivity index (χ4v) is 3.16. The Labute approximate surface area is 121 Å². The zero-order chi connectivity index (χ0) is 14.4. The highest BCUT2D eigenvalue weighted by Crippen LogP contribution is 2.48. The molecule has 2 aromatic rings. The summed E-state index contributed by atoms with van der Waals surface area (Å²) in [5, 5.41) is 0. The SMILES string of the molecule is NC(=O)c1cc2c([nH]1)-c1ccncc1OC21CCOCC1. The summed E-state index contributed by atoms with van der Waals surface area (Å²) in [6.07, 6.45) is 4.90. The van der Waals surface area contributed by atoms with E-state index >= 15 is 0 Å². The molecule has 4 heterocycles. The Morgan fingerprint density at radius 2 is 2.19 bits per heavy atom. The van der Waals surface area contributed by atoms with Gasteiger partial charge in [-0.2, -0.15) is 0 Å². The molecular formula is C15H15N3O3. The molecule has 2 aliphatic rings. The van der Waals surface area contributed by atoms with Crippen LogP contribution in [0.3, 0.4) is 0 Å². The van der Waals surface area contributed by atoms with Gasteiger partial charge in [-0.15, -0.1) is 0 Å². The van der Waals surface area contributed by atoms with Crippen LogP contribution in [-0.2, 0) is 10.3 Å². The van der Waals surface area contributed by atoms with Crippen molar-refractivity contribution in [2.45, 2.75) is 18.4 Å². The summed E-state index contributed by atoms with van der Waals surface area (Å²) in [6.45, 7) is 1.26. The first-order valence-corrected chi connectivity index (χ1v) is 6.94. The van der Waals surface area contributed by atoms with Crippen LogP contribution in [0.5, 0.6) is 5.75 Å². The number of nitrogens with two attached hydrogens (primary N) is 1. The lowest BCUT2D eigenvalue weighted by atomic mass is 9.82. The lowest BCUT2D eigenvalue weighted by molar-refractivity contribution is -0.0515. The number of ether oxygens (including phenoxy) is 2. The van der Waals surface area contributed by atoms with E-state index in [1.54, 1.807) is 12.4 Å². The number of primary amides is 1. The number of H-pyrrole nitrogens is 1. The van der Waals surface area contributed by atoms with Crippen LogP contribution in [0.2, 0.25) is 0 Å². The molecule has 0 aliphatic carbocycles. The van der Waals surface area contributed by atoms with Crippen LogP contribution in [0.15, 0.2) is 24.5 Å². The van der Waals surface area contributed by atoms with E-state index in [1.807, 2.05) is 12.1 Å². The van der Waals surface area contributed by atoms with Gasteiger partial charge in [0.05, 0.1) is 25.1 Å². The Kier molecular flexibility index (Phi) is 2.56. The number of nitrogens with zero attached hydrogens (tertiary/aromatic N) is 1. The minimum Gasteiger partial charge on any atom is -0.480 e. The molecule has 108 valence electrons. The van der Waals surface area contributed by atoms with Crippen molar-refractivity contribution in [2.75, 3.05) is 13.2 Å². The fourth-order valence-electron chi connectivity index (χ4n) is 3.16. The number of aromatic amines is 1. The second-order valence-electron chi connectivity index (χ2n) is 5.42. The van der Waals surface area contributed by atoms with Gasteiger partial charge in [0.25, 0.3) is 5.91 Å². The van der Waals surface area contributed by atoms with Gasteiger partial charge < -0.3 is 20.2 Å². The van der Waals surface area contributed by atoms with Gasteiger partial charge in [-0.1, -0.05) is 0 Å². The Morgan fingerprint density at radius 3 is 2.95 bits per heavy atom. The highest BCUT2D eigenvalue weighted by molar-refractivity contribution is 5.93. The highest BCUT2D eigenvalue weighted by Gasteiger charge is 2.43. The average molecular weight is 285 g/mol. The average Bonchev–Trinajstić information content (AvgIpc) is 2.95. The molecule has 0 unspecified atom stereocenters. The first-order chi connectivity index (χ1) is 10.2. The largest absolute Gasteiger partial charge is 0.480 e. The number of carbonyl (C=O) groups excluding carboxylic acids is 1. The molecule has 6 nitrogen and oxygen atoms in total. The maximum Gasteiger partial charge on any atom is 0.265 e. The minimum absolute atomic E-state index is 0.402. The Morgan fingerprint density at radius 1 is 1.38 bits per heavy atom. The van der Waals surface area contributed by atoms with Crippen molar-refractivity contribution in [2.24, 2.45) is 5.73 Å². The van der Waals surface area contributed by atoms with Crippen molar-refractivity contribution in [3.05, 3.63) is 35.8 Å². The Bertz CT molecular complexity index is 717. The van der Waals surface area contributed by atoms with Gasteiger partial charge in [0.15, 0.2) is 0 Å². The summed E-state index contributed by atoms with van der Waals surface area (Å²) in [5.41, 5.74) is 8.14. The van der Waals surface area contributed by atoms with Crippen LogP contribution in [-0.4, -0.2) is 29.1 Å². The molecule has 21 heavy (non-hydrogen) atoms. The molecule has 3 N–H and O–H groups in total. The third-order valence-corrected chi connectivity index (χ3v) is 4.23. The molecule has 0 saturated carbocycles. The fraction of sp³-hybridized carbons (Fsp3) is 0.333. The van der Waals surface area contributed by atoms with E-state index in [-0.39, 0.29) is 0 Å². The number of nitrogens with one attached hydrogen (secondary N) is 1. The normalized spacial score (nSPS) is 18.7. The van der Waals surface area contributed by atoms with Crippen molar-refractivity contribution in [1.82, 2.24) is 9.97 Å². The van der Waals surface area contributed by atoms with E-state index in [0.29, 0.717) is 18.9 Å². The second kappa shape index (κ2) is 4.33. The Balaban J connectivity index is 1.94. The summed E-state index contributed by atoms with van der Waals surface area (Å²) in [5.74, 6) is 0.256. The number of hydrogen-bond donors (Lipinski definition) is 2. The molecule has 0 aromatic carbocycles. The van der Waals surface area contributed by atoms with Crippen molar-refractivity contribution in [3.8, 4) is 17.0 Å². The van der Waals surface area contributed by atoms with Gasteiger partial charge >= 0.3 is 0 Å². The van der Waals surface area contributed by atoms with E-state index in [2.05, 4.69) is 9.97 Å². The van der Waals surface area contributed by atoms with Crippen LogP contribution in [0, 0.1) is 0 Å². The first kappa shape index (κ1) is 12.4. The third kappa shape index (κ3) is 1.76. The minimum atomic E-state index is -0.470. The molecular weight excluding hydrogens is 270 g/mol. The van der Waals surface area contributed by atoms with E-state index in [4.69, 9.17) is 15.2 Å². The second-order valence-corrected chi connectivity index (χ2v) is 5.42. The molecule has 2 aliphatic heterocycles. The summed E-state index contributed by atoms with van der Waals surface area (Å²) in [7, 11) is 0. The molecule has 0 atom stereocenters. The van der Waals surface area contributed by atoms with E-state index in [9.17, 15) is 4.79 Å². The van der Waals surface area contributed by atoms with E-state index < -0.39 is 11.5 Å². The molecule has 1 saturated heterocycles. The zero-order valence-electron chi connectivity index (χ0n) is 11.4. The zero-order valence-corrected chi connectivity index (χ0v) is 11.4. The predicted octanol–water partition coefficient (Wildman–Crippen LogP) is 1.57. The number of aromatic nitrogens is 2. The topological polar surface area (TPSA) is 90.2 Å². The first-order valence-electron chi connectivity index (χ1n) is 6.94. The standard InChI is InChI=1S/C15H15N3O3/c16-14(19)11-7-10-13(18-11)9-1-4-17-8-12(9)21-15(10)2-5-20-6-3-15/h1,4,7-8,18H,2-3,5-6H2,(H2,16,19). The van der Waals surface area contributed by atoms with Crippen LogP contribution < -0.4 is 10.5 Å². The molecule has 0 radical (unpaired) electrons. The van der Waals surface area contributed by atoms with Crippen molar-refractivity contribution in [1.29, 1.82) is 0 Å². The molecule has 1 fully saturated rings. The van der Waals surface area contributed by atoms with Gasteiger partial charge in [-0.25, -0.2) is 0 Å². The van der Waals surface area contributed by atoms with Gasteiger partial charge in [0.1, 0.15) is 17.0 Å². The van der Waals surface area contributed by atoms with Gasteiger partial charge in [-0.3, -0.25) is 9.78 Å². The van der Waals surface area contributed by atoms with Gasteiger partial charge in [0.2, 0.25) is 0 Å². The lowest BCUT2D eigenvalue weighted by Gasteiger charge is -2.41. The number of pyridine rings is 1. The summed E-state index contributed by atoms with van der Waals surface area (Å²) in [4.78, 5) is 18.8. The summed E-state index contributed by atoms with van der Waals surface area (Å²) in [6, 6.07) is 3.69. The Hall–Kier alpha value is -2.34. The highest BCUT2D eigenvalue weighted by atomic mass is 16.5. The summed E-state index contributed by atoms with van der Waals surface area (Å²) < 4.78 is 11.7. The lowest BCUT2D eigenvalue weighted by Crippen LogP contribution is -2.41. The van der Waals surface area contributed by atoms with Gasteiger partial charge in [0, 0.05) is 30.2 Å². The predicted molar refractivity (Wildman–Crippen MR) is 74.9 cm³/mol. The molecule has 4 rings (SSSR count). The maximum absolute atomic E-state index is 11.5. The quantitative estimate of drug-likeness (QED) is 0.832. The number of fused-ring (bicyclic) bond motifs is 4. The smallest absolute Gasteiger partial charge is 0.265 e. The van der Waals surface area contributed by atoms with E-state index in [0.717, 1.165) is 35.4 Å². The third-order valence-electron chi connectivity index (χ3n) is 4.23. The van der Waals surface area contributed by atoms with Crippen molar-refractivity contribution < 1.29 is 14.3 Å². The molecule has 1 spiro atoms. The van der Waals surface area contributed by atoms with Gasteiger partial charge in [-0.05, 0) is 12.1 Å². The molecule has 6 heteroatoms. The number of hydrogen-bond acceptors (Lipinski definition) is 4. The van der Waals surface area contributed by atoms with Crippen molar-refractivity contribution in [3.63, 3.8) is 0 Å². The number of carbonyl (C=O) groups is 1. The van der Waals surface area contributed by atoms with Crippen LogP contribution in [0.25, 0.3) is 11.3 Å². The van der Waals surface area contributed by atoms with Crippen LogP contribution in [0.1, 0.15) is 28.9 Å². The maximum atomic E-state index is 11.5. The molecule has 0 bridgehead atoms. The van der Waals surface area contributed by atoms with Crippen molar-refractivity contribution >= 4 is 5.91 Å². The summed E-state index contributed by atoms with van der Waals surface area (Å²) >= 11 is 0. The molecule has 2 aromatic heterocycles. The molecule has 1 amide bonds. The monoisotopic (exact) mass is 285 g/mol. The number of rotatable bonds is 1. The number of amides is 1. The van der Waals surface area contributed by atoms with E-state index in [1.165, 1.54) is 0 Å². The van der Waals surface area contributed by atoms with Crippen LogP contribution in [0.4, 0.5) is 0 Å².